The zero-order valence-corrected chi connectivity index (χ0v) is 16.9. The molecule has 0 amide bonds. The monoisotopic (exact) mass is 452 g/mol. The topological polar surface area (TPSA) is 32.3 Å². The summed E-state index contributed by atoms with van der Waals surface area (Å²) in [5.74, 6) is 0.0688. The summed E-state index contributed by atoms with van der Waals surface area (Å²) in [7, 11) is 0. The van der Waals surface area contributed by atoms with Crippen LogP contribution in [0.3, 0.4) is 0 Å². The van der Waals surface area contributed by atoms with Gasteiger partial charge < -0.3 is 10.2 Å². The fourth-order valence-corrected chi connectivity index (χ4v) is 4.02. The van der Waals surface area contributed by atoms with Gasteiger partial charge in [0, 0.05) is 22.7 Å². The molecule has 1 aliphatic rings. The molecule has 0 bridgehead atoms. The van der Waals surface area contributed by atoms with E-state index in [4.69, 9.17) is 0 Å². The molecule has 0 saturated heterocycles. The van der Waals surface area contributed by atoms with Crippen LogP contribution in [0.25, 0.3) is 0 Å². The van der Waals surface area contributed by atoms with Gasteiger partial charge in [0.25, 0.3) is 0 Å². The Labute approximate surface area is 164 Å². The summed E-state index contributed by atoms with van der Waals surface area (Å²) < 4.78 is 0. The quantitative estimate of drug-likeness (QED) is 0.487. The van der Waals surface area contributed by atoms with Crippen molar-refractivity contribution in [2.45, 2.75) is 24.1 Å². The fourth-order valence-electron chi connectivity index (χ4n) is 2.75. The van der Waals surface area contributed by atoms with E-state index in [0.717, 1.165) is 12.2 Å². The molecule has 1 N–H and O–H groups in total. The normalized spacial score (nSPS) is 15.9. The van der Waals surface area contributed by atoms with Gasteiger partial charge in [0.05, 0.1) is 11.1 Å². The van der Waals surface area contributed by atoms with E-state index in [9.17, 15) is 4.79 Å². The van der Waals surface area contributed by atoms with Crippen molar-refractivity contribution >= 4 is 52.9 Å². The molecule has 0 spiro atoms. The van der Waals surface area contributed by atoms with Crippen molar-refractivity contribution in [3.8, 4) is 0 Å². The van der Waals surface area contributed by atoms with Gasteiger partial charge in [0.15, 0.2) is 5.78 Å². The van der Waals surface area contributed by atoms with Crippen molar-refractivity contribution in [2.75, 3.05) is 16.8 Å². The molecule has 1 aliphatic heterocycles. The van der Waals surface area contributed by atoms with Gasteiger partial charge in [-0.1, -0.05) is 36.0 Å². The maximum Gasteiger partial charge on any atom is 0.161 e. The van der Waals surface area contributed by atoms with Crippen molar-refractivity contribution in [2.24, 2.45) is 0 Å². The lowest BCUT2D eigenvalue weighted by Gasteiger charge is -2.22. The second kappa shape index (κ2) is 8.58. The minimum absolute atomic E-state index is 0. The number of thioether (sulfide) groups is 1. The van der Waals surface area contributed by atoms with E-state index in [1.54, 1.807) is 6.92 Å². The van der Waals surface area contributed by atoms with E-state index >= 15 is 0 Å². The summed E-state index contributed by atoms with van der Waals surface area (Å²) in [6.07, 6.45) is 4.08. The van der Waals surface area contributed by atoms with Crippen LogP contribution in [0.5, 0.6) is 0 Å². The largest absolute Gasteiger partial charge is 0.361 e. The molecule has 1 atom stereocenters. The molecule has 24 heavy (non-hydrogen) atoms. The average Bonchev–Trinajstić information content (AvgIpc) is 2.92. The summed E-state index contributed by atoms with van der Waals surface area (Å²) >= 11 is 1.85. The number of likely N-dealkylation sites (N-methyl/N-ethyl adjacent to an activating group) is 1. The Hall–Kier alpha value is -1.47. The van der Waals surface area contributed by atoms with Crippen molar-refractivity contribution in [1.29, 1.82) is 0 Å². The van der Waals surface area contributed by atoms with Crippen molar-refractivity contribution in [1.82, 2.24) is 0 Å². The number of nitrogens with one attached hydrogen (secondary N) is 1. The molecular weight excluding hydrogens is 431 g/mol. The van der Waals surface area contributed by atoms with Gasteiger partial charge in [-0.2, -0.15) is 0 Å². The number of hydrogen-bond acceptors (Lipinski definition) is 4. The molecule has 1 unspecified atom stereocenters. The van der Waals surface area contributed by atoms with E-state index in [0.29, 0.717) is 5.56 Å². The predicted molar refractivity (Wildman–Crippen MR) is 114 cm³/mol. The van der Waals surface area contributed by atoms with Crippen molar-refractivity contribution in [3.63, 3.8) is 0 Å². The minimum Gasteiger partial charge on any atom is -0.361 e. The maximum absolute atomic E-state index is 11.7. The standard InChI is InChI=1S/C19H20N2OS.HI/c1-3-21-17-10-6-7-11-18(17)23-19(21)12-13-20-16-9-5-4-8-15(16)14(2)22;/h4-13,19-20H,3H2,1-2H3;1H/b13-12+;. The first-order valence-corrected chi connectivity index (χ1v) is 8.64. The molecule has 0 aliphatic carbocycles. The van der Waals surface area contributed by atoms with Gasteiger partial charge in [-0.15, -0.1) is 24.0 Å². The Morgan fingerprint density at radius 2 is 1.92 bits per heavy atom. The van der Waals surface area contributed by atoms with E-state index in [-0.39, 0.29) is 35.1 Å². The van der Waals surface area contributed by atoms with Crippen LogP contribution in [-0.4, -0.2) is 17.7 Å². The second-order valence-electron chi connectivity index (χ2n) is 5.37. The highest BCUT2D eigenvalue weighted by molar-refractivity contribution is 14.0. The molecule has 2 aromatic carbocycles. The lowest BCUT2D eigenvalue weighted by Crippen LogP contribution is -2.27. The van der Waals surface area contributed by atoms with Crippen molar-refractivity contribution < 1.29 is 4.79 Å². The summed E-state index contributed by atoms with van der Waals surface area (Å²) in [6.45, 7) is 4.72. The number of carbonyl (C=O) groups excluding carboxylic acids is 1. The molecule has 0 radical (unpaired) electrons. The first-order valence-electron chi connectivity index (χ1n) is 7.76. The molecule has 0 fully saturated rings. The SMILES string of the molecule is CCN1c2ccccc2SC1/C=C/Nc1ccccc1C(C)=O.I. The highest BCUT2D eigenvalue weighted by atomic mass is 127. The van der Waals surface area contributed by atoms with Gasteiger partial charge in [-0.25, -0.2) is 0 Å². The Morgan fingerprint density at radius 3 is 2.67 bits per heavy atom. The Kier molecular flexibility index (Phi) is 6.74. The number of benzene rings is 2. The third-order valence-electron chi connectivity index (χ3n) is 3.88. The van der Waals surface area contributed by atoms with Crippen LogP contribution in [0.15, 0.2) is 65.7 Å². The molecule has 3 nitrogen and oxygen atoms in total. The third-order valence-corrected chi connectivity index (χ3v) is 5.13. The molecule has 126 valence electrons. The van der Waals surface area contributed by atoms with Crippen LogP contribution >= 0.6 is 35.7 Å². The van der Waals surface area contributed by atoms with Crippen LogP contribution in [0, 0.1) is 0 Å². The van der Waals surface area contributed by atoms with Gasteiger partial charge in [-0.3, -0.25) is 4.79 Å². The van der Waals surface area contributed by atoms with E-state index < -0.39 is 0 Å². The molecule has 2 aromatic rings. The number of ketones is 1. The van der Waals surface area contributed by atoms with Gasteiger partial charge in [0.2, 0.25) is 0 Å². The van der Waals surface area contributed by atoms with Crippen LogP contribution in [-0.2, 0) is 0 Å². The highest BCUT2D eigenvalue weighted by Gasteiger charge is 2.26. The first-order chi connectivity index (χ1) is 11.2. The van der Waals surface area contributed by atoms with Crippen molar-refractivity contribution in [3.05, 3.63) is 66.4 Å². The smallest absolute Gasteiger partial charge is 0.161 e. The zero-order chi connectivity index (χ0) is 16.2. The third kappa shape index (κ3) is 3.95. The molecule has 0 saturated carbocycles. The molecule has 3 rings (SSSR count). The minimum atomic E-state index is 0. The Bertz CT molecular complexity index is 748. The van der Waals surface area contributed by atoms with Gasteiger partial charge in [-0.05, 0) is 50.4 Å². The summed E-state index contributed by atoms with van der Waals surface area (Å²) in [5, 5.41) is 3.52. The number of Topliss-reactive ketones (excluding diaryl/α,β-unsaturated/α-hetero) is 1. The molecule has 5 heteroatoms. The van der Waals surface area contributed by atoms with Gasteiger partial charge >= 0.3 is 0 Å². The lowest BCUT2D eigenvalue weighted by atomic mass is 10.1. The number of fused-ring (bicyclic) bond motifs is 1. The fraction of sp³-hybridized carbons (Fsp3) is 0.211. The number of hydrogen-bond donors (Lipinski definition) is 1. The number of para-hydroxylation sites is 2. The van der Waals surface area contributed by atoms with Crippen LogP contribution in [0.1, 0.15) is 24.2 Å². The van der Waals surface area contributed by atoms with E-state index in [2.05, 4.69) is 47.5 Å². The molecule has 1 heterocycles. The Balaban J connectivity index is 0.00000208. The summed E-state index contributed by atoms with van der Waals surface area (Å²) in [6, 6.07) is 16.1. The summed E-state index contributed by atoms with van der Waals surface area (Å²) in [4.78, 5) is 15.3. The number of anilines is 2. The maximum atomic E-state index is 11.7. The number of rotatable bonds is 5. The number of nitrogens with zero attached hydrogens (tertiary/aromatic N) is 1. The van der Waals surface area contributed by atoms with E-state index in [1.807, 2.05) is 42.2 Å². The highest BCUT2D eigenvalue weighted by Crippen LogP contribution is 2.43. The number of carbonyl (C=O) groups is 1. The van der Waals surface area contributed by atoms with Crippen LogP contribution < -0.4 is 10.2 Å². The van der Waals surface area contributed by atoms with Crippen LogP contribution in [0.2, 0.25) is 0 Å². The second-order valence-corrected chi connectivity index (χ2v) is 6.53. The number of halogens is 1. The average molecular weight is 452 g/mol. The Morgan fingerprint density at radius 1 is 1.21 bits per heavy atom. The predicted octanol–water partition coefficient (Wildman–Crippen LogP) is 5.39. The van der Waals surface area contributed by atoms with Gasteiger partial charge in [0.1, 0.15) is 0 Å². The molecule has 0 aromatic heterocycles. The van der Waals surface area contributed by atoms with Crippen LogP contribution in [0.4, 0.5) is 11.4 Å². The zero-order valence-electron chi connectivity index (χ0n) is 13.7. The summed E-state index contributed by atoms with van der Waals surface area (Å²) in [5.41, 5.74) is 2.85. The molecular formula is C19H21IN2OS. The lowest BCUT2D eigenvalue weighted by molar-refractivity contribution is 0.101. The van der Waals surface area contributed by atoms with E-state index in [1.165, 1.54) is 10.6 Å². The first kappa shape index (κ1) is 18.9.